The number of halogens is 2. The Morgan fingerprint density at radius 1 is 0.343 bits per heavy atom. The molecule has 10 heteroatoms. The molecule has 0 saturated carbocycles. The van der Waals surface area contributed by atoms with Gasteiger partial charge in [0.2, 0.25) is 0 Å². The minimum Gasteiger partial charge on any atom is -0.496 e. The van der Waals surface area contributed by atoms with Crippen molar-refractivity contribution in [2.45, 2.75) is 130 Å². The molecule has 0 saturated heterocycles. The van der Waals surface area contributed by atoms with Gasteiger partial charge in [-0.25, -0.2) is 0 Å². The van der Waals surface area contributed by atoms with E-state index < -0.39 is 0 Å². The maximum absolute atomic E-state index is 7.05. The van der Waals surface area contributed by atoms with Crippen LogP contribution in [0.25, 0.3) is 0 Å². The number of rotatable bonds is 2. The number of hydrogen-bond donors (Lipinski definition) is 0. The van der Waals surface area contributed by atoms with Gasteiger partial charge in [-0.15, -0.1) is 0 Å². The van der Waals surface area contributed by atoms with Crippen LogP contribution < -0.4 is 28.4 Å². The van der Waals surface area contributed by atoms with Gasteiger partial charge in [0.15, 0.2) is 0 Å². The first kappa shape index (κ1) is 54.1. The summed E-state index contributed by atoms with van der Waals surface area (Å²) < 4.78 is 54.1. The lowest BCUT2D eigenvalue weighted by Crippen LogP contribution is -2.18. The average Bonchev–Trinajstić information content (AvgIpc) is 3.26. The Balaban J connectivity index is 1.50. The van der Waals surface area contributed by atoms with Crippen molar-refractivity contribution in [2.24, 2.45) is 0 Å². The van der Waals surface area contributed by atoms with Gasteiger partial charge in [0.1, 0.15) is 60.9 Å². The van der Waals surface area contributed by atoms with E-state index in [1.165, 1.54) is 22.3 Å². The van der Waals surface area contributed by atoms with E-state index in [4.69, 9.17) is 37.9 Å². The summed E-state index contributed by atoms with van der Waals surface area (Å²) in [4.78, 5) is 0. The molecule has 0 spiro atoms. The van der Waals surface area contributed by atoms with E-state index in [1.54, 1.807) is 0 Å². The number of benzene rings is 5. The van der Waals surface area contributed by atoms with E-state index >= 15 is 0 Å². The lowest BCUT2D eigenvalue weighted by Gasteiger charge is -2.29. The van der Waals surface area contributed by atoms with Gasteiger partial charge in [-0.3, -0.25) is 0 Å². The molecule has 0 fully saturated rings. The molecule has 8 nitrogen and oxygen atoms in total. The van der Waals surface area contributed by atoms with E-state index in [9.17, 15) is 0 Å². The van der Waals surface area contributed by atoms with Crippen LogP contribution in [0.1, 0.15) is 150 Å². The van der Waals surface area contributed by atoms with Crippen molar-refractivity contribution < 1.29 is 37.9 Å². The Morgan fingerprint density at radius 2 is 0.586 bits per heavy atom. The van der Waals surface area contributed by atoms with Crippen molar-refractivity contribution >= 4 is 45.2 Å². The zero-order valence-electron chi connectivity index (χ0n) is 44.3. The summed E-state index contributed by atoms with van der Waals surface area (Å²) in [6, 6.07) is 22.9. The van der Waals surface area contributed by atoms with Crippen LogP contribution in [0.5, 0.6) is 34.5 Å². The van der Waals surface area contributed by atoms with Crippen molar-refractivity contribution in [3.63, 3.8) is 0 Å². The lowest BCUT2D eigenvalue weighted by atomic mass is 9.79. The topological polar surface area (TPSA) is 73.8 Å². The van der Waals surface area contributed by atoms with Crippen LogP contribution in [0.2, 0.25) is 0 Å². The zero-order chi connectivity index (χ0) is 50.8. The molecule has 0 unspecified atom stereocenters. The van der Waals surface area contributed by atoms with Crippen LogP contribution >= 0.6 is 45.2 Å². The first-order chi connectivity index (χ1) is 32.9. The van der Waals surface area contributed by atoms with E-state index in [2.05, 4.69) is 177 Å². The number of hydrogen-bond acceptors (Lipinski definition) is 8. The summed E-state index contributed by atoms with van der Waals surface area (Å²) in [6.07, 6.45) is 2.39. The molecule has 70 heavy (non-hydrogen) atoms. The fourth-order valence-corrected chi connectivity index (χ4v) is 10.5. The van der Waals surface area contributed by atoms with E-state index in [-0.39, 0.29) is 21.7 Å². The van der Waals surface area contributed by atoms with Gasteiger partial charge >= 0.3 is 0 Å². The molecule has 0 atom stereocenters. The molecule has 1 aliphatic carbocycles. The first-order valence-electron chi connectivity index (χ1n) is 24.8. The van der Waals surface area contributed by atoms with Gasteiger partial charge in [0.25, 0.3) is 0 Å². The quantitative estimate of drug-likeness (QED) is 0.159. The average molecular weight is 1180 g/mol. The van der Waals surface area contributed by atoms with Crippen molar-refractivity contribution in [1.29, 1.82) is 0 Å². The summed E-state index contributed by atoms with van der Waals surface area (Å²) in [5, 5.41) is 0. The highest BCUT2D eigenvalue weighted by atomic mass is 127. The molecule has 5 aromatic carbocycles. The maximum Gasteiger partial charge on any atom is 0.134 e. The third kappa shape index (κ3) is 13.1. The highest BCUT2D eigenvalue weighted by Crippen LogP contribution is 2.44. The monoisotopic (exact) mass is 1180 g/mol. The summed E-state index contributed by atoms with van der Waals surface area (Å²) in [7, 11) is 3.62. The molecular weight excluding hydrogens is 1100 g/mol. The molecule has 0 amide bonds. The van der Waals surface area contributed by atoms with Gasteiger partial charge in [-0.1, -0.05) is 132 Å². The molecule has 4 heterocycles. The number of methoxy groups -OCH3 is 2. The van der Waals surface area contributed by atoms with Crippen molar-refractivity contribution in [1.82, 2.24) is 0 Å². The third-order valence-corrected chi connectivity index (χ3v) is 15.0. The van der Waals surface area contributed by atoms with Gasteiger partial charge in [-0.05, 0) is 146 Å². The molecular formula is C60H76I2O8. The summed E-state index contributed by atoms with van der Waals surface area (Å²) >= 11 is 4.61. The Hall–Kier alpha value is -3.72. The van der Waals surface area contributed by atoms with Gasteiger partial charge in [-0.2, -0.15) is 0 Å². The largest absolute Gasteiger partial charge is 0.496 e. The van der Waals surface area contributed by atoms with Crippen molar-refractivity contribution in [3.8, 4) is 34.5 Å². The summed E-state index contributed by atoms with van der Waals surface area (Å²) in [6.45, 7) is 30.6. The molecule has 4 aliphatic heterocycles. The smallest absolute Gasteiger partial charge is 0.134 e. The van der Waals surface area contributed by atoms with Crippen molar-refractivity contribution in [3.05, 3.63) is 135 Å². The van der Waals surface area contributed by atoms with Gasteiger partial charge in [0, 0.05) is 25.7 Å². The SMILES string of the molecule is COc1c2cc(C(C)(C)C)cc1Cc1cc(C(C)(C)C)cc3c1OCCOCCOc1cc(I)c(cc1I)OCCOCCOc1c(cc(C(C)(C)C)cc1Cc1cc(C(C)(C)C)cc(c1OC)C3)C2. The van der Waals surface area contributed by atoms with Crippen LogP contribution in [0, 0.1) is 7.14 Å². The van der Waals surface area contributed by atoms with Crippen molar-refractivity contribution in [2.75, 3.05) is 67.1 Å². The second kappa shape index (κ2) is 22.2. The second-order valence-corrected chi connectivity index (χ2v) is 25.3. The Bertz CT molecular complexity index is 2380. The maximum atomic E-state index is 7.05. The Labute approximate surface area is 446 Å². The third-order valence-electron chi connectivity index (χ3n) is 13.3. The predicted molar refractivity (Wildman–Crippen MR) is 300 cm³/mol. The zero-order valence-corrected chi connectivity index (χ0v) is 48.6. The molecule has 5 aliphatic rings. The highest BCUT2D eigenvalue weighted by Gasteiger charge is 2.29. The fourth-order valence-electron chi connectivity index (χ4n) is 9.28. The second-order valence-electron chi connectivity index (χ2n) is 22.9. The molecule has 10 rings (SSSR count). The molecule has 0 aromatic heterocycles. The molecule has 12 bridgehead atoms. The van der Waals surface area contributed by atoms with Crippen LogP contribution in [0.15, 0.2) is 60.7 Å². The highest BCUT2D eigenvalue weighted by molar-refractivity contribution is 14.1. The summed E-state index contributed by atoms with van der Waals surface area (Å²) in [5.74, 6) is 5.10. The van der Waals surface area contributed by atoms with E-state index in [0.717, 1.165) is 86.1 Å². The number of ether oxygens (including phenoxy) is 8. The normalized spacial score (nSPS) is 15.7. The summed E-state index contributed by atoms with van der Waals surface area (Å²) in [5.41, 5.74) is 13.3. The first-order valence-corrected chi connectivity index (χ1v) is 27.0. The van der Waals surface area contributed by atoms with Gasteiger partial charge < -0.3 is 37.9 Å². The Kier molecular flexibility index (Phi) is 17.1. The lowest BCUT2D eigenvalue weighted by molar-refractivity contribution is 0.0748. The molecule has 0 N–H and O–H groups in total. The van der Waals surface area contributed by atoms with Crippen LogP contribution in [-0.2, 0) is 56.8 Å². The van der Waals surface area contributed by atoms with E-state index in [0.29, 0.717) is 78.5 Å². The van der Waals surface area contributed by atoms with Crippen LogP contribution in [0.3, 0.4) is 0 Å². The van der Waals surface area contributed by atoms with Crippen LogP contribution in [-0.4, -0.2) is 67.1 Å². The molecule has 378 valence electrons. The molecule has 5 aromatic rings. The van der Waals surface area contributed by atoms with Crippen LogP contribution in [0.4, 0.5) is 0 Å². The molecule has 0 radical (unpaired) electrons. The van der Waals surface area contributed by atoms with Gasteiger partial charge in [0.05, 0.1) is 47.8 Å². The standard InChI is InChI=1S/C60H76I2O8/c1-57(2,3)45-27-37-23-41-31-47(59(7,8)9)33-43-25-39-29-46(58(4,5)6)30-40(54(39)64-14)26-44-34-48(60(10,11)12)32-42(24-38(28-45)53(37)63-13)56(44)70-22-18-66-16-20-68-52-36-49(61)51(35-50(52)62)67-19-15-65-17-21-69-55(41)43/h27-36H,15-26H2,1-14H3. The predicted octanol–water partition coefficient (Wildman–Crippen LogP) is 14.0. The minimum absolute atomic E-state index is 0.142. The Morgan fingerprint density at radius 3 is 0.829 bits per heavy atom. The minimum atomic E-state index is -0.146. The fraction of sp³-hybridized carbons (Fsp3) is 0.500. The van der Waals surface area contributed by atoms with E-state index in [1.807, 2.05) is 26.4 Å².